The molecule has 0 heterocycles. The van der Waals surface area contributed by atoms with Crippen LogP contribution < -0.4 is 5.32 Å². The predicted octanol–water partition coefficient (Wildman–Crippen LogP) is 3.39. The highest BCUT2D eigenvalue weighted by atomic mass is 19.4. The first-order valence-electron chi connectivity index (χ1n) is 6.17. The molecule has 0 aromatic heterocycles. The summed E-state index contributed by atoms with van der Waals surface area (Å²) in [6, 6.07) is 2.00. The van der Waals surface area contributed by atoms with Crippen LogP contribution in [0.2, 0.25) is 0 Å². The number of hydrogen-bond donors (Lipinski definition) is 1. The smallest absolute Gasteiger partial charge is 0.310 e. The molecule has 1 aliphatic rings. The molecule has 1 rings (SSSR count). The van der Waals surface area contributed by atoms with E-state index in [1.807, 2.05) is 6.92 Å². The molecule has 0 radical (unpaired) electrons. The lowest BCUT2D eigenvalue weighted by molar-refractivity contribution is -0.183. The van der Waals surface area contributed by atoms with Crippen molar-refractivity contribution in [3.8, 4) is 6.07 Å². The normalized spacial score (nSPS) is 27.5. The topological polar surface area (TPSA) is 35.8 Å². The second-order valence-electron chi connectivity index (χ2n) is 4.74. The number of nitriles is 1. The van der Waals surface area contributed by atoms with Gasteiger partial charge in [-0.25, -0.2) is 0 Å². The Kier molecular flexibility index (Phi) is 5.26. The van der Waals surface area contributed by atoms with Gasteiger partial charge in [0.2, 0.25) is 0 Å². The van der Waals surface area contributed by atoms with E-state index in [1.165, 1.54) is 0 Å². The van der Waals surface area contributed by atoms with Crippen molar-refractivity contribution < 1.29 is 13.2 Å². The highest BCUT2D eigenvalue weighted by Gasteiger charge is 2.42. The van der Waals surface area contributed by atoms with Crippen molar-refractivity contribution in [2.24, 2.45) is 5.92 Å². The van der Waals surface area contributed by atoms with Gasteiger partial charge >= 0.3 is 6.18 Å². The summed E-state index contributed by atoms with van der Waals surface area (Å²) in [5.74, 6) is -1.17. The Hall–Kier alpha value is -0.760. The highest BCUT2D eigenvalue weighted by Crippen LogP contribution is 2.37. The van der Waals surface area contributed by atoms with E-state index < -0.39 is 12.1 Å². The van der Waals surface area contributed by atoms with Gasteiger partial charge in [0.25, 0.3) is 0 Å². The quantitative estimate of drug-likeness (QED) is 0.827. The van der Waals surface area contributed by atoms with Gasteiger partial charge in [0.05, 0.1) is 18.4 Å². The minimum Gasteiger partial charge on any atom is -0.310 e. The maximum absolute atomic E-state index is 12.6. The van der Waals surface area contributed by atoms with Gasteiger partial charge in [-0.1, -0.05) is 13.3 Å². The number of nitrogens with zero attached hydrogens (tertiary/aromatic N) is 1. The van der Waals surface area contributed by atoms with Crippen LogP contribution in [0, 0.1) is 17.2 Å². The molecule has 0 amide bonds. The van der Waals surface area contributed by atoms with Gasteiger partial charge in [0.1, 0.15) is 0 Å². The molecule has 5 heteroatoms. The zero-order chi connectivity index (χ0) is 12.9. The monoisotopic (exact) mass is 248 g/mol. The summed E-state index contributed by atoms with van der Waals surface area (Å²) in [6.07, 6.45) is -1.12. The number of alkyl halides is 3. The van der Waals surface area contributed by atoms with Gasteiger partial charge in [-0.2, -0.15) is 18.4 Å². The molecule has 0 bridgehead atoms. The molecule has 0 aromatic rings. The number of hydrogen-bond acceptors (Lipinski definition) is 2. The molecule has 3 atom stereocenters. The van der Waals surface area contributed by atoms with Gasteiger partial charge in [-0.05, 0) is 25.7 Å². The molecule has 3 unspecified atom stereocenters. The highest BCUT2D eigenvalue weighted by molar-refractivity contribution is 4.87. The lowest BCUT2D eigenvalue weighted by Gasteiger charge is -2.33. The van der Waals surface area contributed by atoms with Crippen LogP contribution in [-0.2, 0) is 0 Å². The molecule has 1 aliphatic carbocycles. The lowest BCUT2D eigenvalue weighted by atomic mass is 9.85. The fraction of sp³-hybridized carbons (Fsp3) is 0.917. The van der Waals surface area contributed by atoms with Crippen LogP contribution in [0.5, 0.6) is 0 Å². The van der Waals surface area contributed by atoms with Crippen LogP contribution in [0.3, 0.4) is 0 Å². The molecule has 0 aromatic carbocycles. The van der Waals surface area contributed by atoms with Crippen molar-refractivity contribution in [1.29, 1.82) is 5.26 Å². The molecule has 1 fully saturated rings. The Bertz CT molecular complexity index is 270. The van der Waals surface area contributed by atoms with Gasteiger partial charge in [0.15, 0.2) is 0 Å². The summed E-state index contributed by atoms with van der Waals surface area (Å²) < 4.78 is 37.8. The van der Waals surface area contributed by atoms with Crippen molar-refractivity contribution >= 4 is 0 Å². The average Bonchev–Trinajstić information content (AvgIpc) is 2.28. The standard InChI is InChI=1S/C12H19F3N2/c1-2-10(6-7-16)17-11-5-3-4-9(8-11)12(13,14)15/h9-11,17H,2-6,8H2,1H3. The van der Waals surface area contributed by atoms with Crippen molar-refractivity contribution in [2.45, 2.75) is 63.7 Å². The van der Waals surface area contributed by atoms with Gasteiger partial charge in [0, 0.05) is 12.1 Å². The van der Waals surface area contributed by atoms with Crippen LogP contribution >= 0.6 is 0 Å². The Labute approximate surface area is 100 Å². The minimum absolute atomic E-state index is 0.0250. The number of halogens is 3. The molecule has 17 heavy (non-hydrogen) atoms. The largest absolute Gasteiger partial charge is 0.391 e. The molecule has 0 spiro atoms. The summed E-state index contributed by atoms with van der Waals surface area (Å²) in [7, 11) is 0. The summed E-state index contributed by atoms with van der Waals surface area (Å²) >= 11 is 0. The first-order valence-corrected chi connectivity index (χ1v) is 6.17. The van der Waals surface area contributed by atoms with Crippen LogP contribution in [0.15, 0.2) is 0 Å². The maximum Gasteiger partial charge on any atom is 0.391 e. The SMILES string of the molecule is CCC(CC#N)NC1CCCC(C(F)(F)F)C1. The van der Waals surface area contributed by atoms with E-state index in [9.17, 15) is 13.2 Å². The van der Waals surface area contributed by atoms with E-state index >= 15 is 0 Å². The Balaban J connectivity index is 2.47. The van der Waals surface area contributed by atoms with Crippen LogP contribution in [-0.4, -0.2) is 18.3 Å². The summed E-state index contributed by atoms with van der Waals surface area (Å²) in [6.45, 7) is 1.94. The van der Waals surface area contributed by atoms with Crippen LogP contribution in [0.1, 0.15) is 45.4 Å². The van der Waals surface area contributed by atoms with Gasteiger partial charge in [-0.3, -0.25) is 0 Å². The molecular formula is C12H19F3N2. The summed E-state index contributed by atoms with van der Waals surface area (Å²) in [4.78, 5) is 0. The third-order valence-corrected chi connectivity index (χ3v) is 3.44. The third-order valence-electron chi connectivity index (χ3n) is 3.44. The van der Waals surface area contributed by atoms with E-state index in [1.54, 1.807) is 0 Å². The van der Waals surface area contributed by atoms with Crippen molar-refractivity contribution in [2.75, 3.05) is 0 Å². The Morgan fingerprint density at radius 2 is 2.12 bits per heavy atom. The van der Waals surface area contributed by atoms with Crippen molar-refractivity contribution in [1.82, 2.24) is 5.32 Å². The Morgan fingerprint density at radius 3 is 2.65 bits per heavy atom. The Morgan fingerprint density at radius 1 is 1.41 bits per heavy atom. The van der Waals surface area contributed by atoms with E-state index in [2.05, 4.69) is 11.4 Å². The molecule has 98 valence electrons. The molecular weight excluding hydrogens is 229 g/mol. The van der Waals surface area contributed by atoms with Crippen molar-refractivity contribution in [3.63, 3.8) is 0 Å². The minimum atomic E-state index is -4.07. The third kappa shape index (κ3) is 4.55. The number of nitrogens with one attached hydrogen (secondary N) is 1. The fourth-order valence-electron chi connectivity index (χ4n) is 2.40. The van der Waals surface area contributed by atoms with E-state index in [0.717, 1.165) is 12.8 Å². The predicted molar refractivity (Wildman–Crippen MR) is 59.2 cm³/mol. The summed E-state index contributed by atoms with van der Waals surface area (Å²) in [5.41, 5.74) is 0. The van der Waals surface area contributed by atoms with Crippen LogP contribution in [0.25, 0.3) is 0 Å². The zero-order valence-corrected chi connectivity index (χ0v) is 10.1. The molecule has 1 N–H and O–H groups in total. The molecule has 0 aliphatic heterocycles. The number of rotatable bonds is 4. The van der Waals surface area contributed by atoms with Crippen molar-refractivity contribution in [3.05, 3.63) is 0 Å². The molecule has 1 saturated carbocycles. The van der Waals surface area contributed by atoms with Gasteiger partial charge < -0.3 is 5.32 Å². The second-order valence-corrected chi connectivity index (χ2v) is 4.74. The second kappa shape index (κ2) is 6.25. The van der Waals surface area contributed by atoms with E-state index in [0.29, 0.717) is 12.8 Å². The first-order chi connectivity index (χ1) is 7.97. The zero-order valence-electron chi connectivity index (χ0n) is 10.1. The molecule has 0 saturated heterocycles. The van der Waals surface area contributed by atoms with E-state index in [-0.39, 0.29) is 24.9 Å². The fourth-order valence-corrected chi connectivity index (χ4v) is 2.40. The average molecular weight is 248 g/mol. The van der Waals surface area contributed by atoms with E-state index in [4.69, 9.17) is 5.26 Å². The van der Waals surface area contributed by atoms with Gasteiger partial charge in [-0.15, -0.1) is 0 Å². The first kappa shape index (κ1) is 14.3. The maximum atomic E-state index is 12.6. The van der Waals surface area contributed by atoms with Crippen LogP contribution in [0.4, 0.5) is 13.2 Å². The summed E-state index contributed by atoms with van der Waals surface area (Å²) in [5, 5.41) is 11.8. The lowest BCUT2D eigenvalue weighted by Crippen LogP contribution is -2.43. The molecule has 2 nitrogen and oxygen atoms in total.